The van der Waals surface area contributed by atoms with E-state index in [9.17, 15) is 0 Å². The summed E-state index contributed by atoms with van der Waals surface area (Å²) in [5.74, 6) is 0.272. The molecule has 0 aromatic heterocycles. The number of hydrogen-bond acceptors (Lipinski definition) is 5. The van der Waals surface area contributed by atoms with E-state index < -0.39 is 8.80 Å². The van der Waals surface area contributed by atoms with Gasteiger partial charge in [-0.1, -0.05) is 30.3 Å². The van der Waals surface area contributed by atoms with Crippen molar-refractivity contribution in [2.45, 2.75) is 12.0 Å². The Morgan fingerprint density at radius 2 is 1.70 bits per heavy atom. The Labute approximate surface area is 122 Å². The molecule has 0 bridgehead atoms. The van der Waals surface area contributed by atoms with Gasteiger partial charge in [-0.25, -0.2) is 0 Å². The van der Waals surface area contributed by atoms with Crippen LogP contribution in [-0.4, -0.2) is 49.8 Å². The van der Waals surface area contributed by atoms with Gasteiger partial charge in [0.2, 0.25) is 0 Å². The standard InChI is InChI=1S/C14H26N2O3Si/c1-17-20(18-2,19-3)12-14(11-16-10-9-15)13-7-5-4-6-8-13/h4-8,14,16H,9-12,15H2,1-3H3. The number of benzene rings is 1. The molecule has 0 fully saturated rings. The Kier molecular flexibility index (Phi) is 7.97. The van der Waals surface area contributed by atoms with Crippen molar-refractivity contribution in [1.82, 2.24) is 5.32 Å². The largest absolute Gasteiger partial charge is 0.500 e. The highest BCUT2D eigenvalue weighted by atomic mass is 28.4. The summed E-state index contributed by atoms with van der Waals surface area (Å²) in [4.78, 5) is 0. The van der Waals surface area contributed by atoms with E-state index in [0.29, 0.717) is 6.54 Å². The summed E-state index contributed by atoms with van der Waals surface area (Å²) in [6.45, 7) is 2.25. The van der Waals surface area contributed by atoms with E-state index in [2.05, 4.69) is 17.4 Å². The highest BCUT2D eigenvalue weighted by Gasteiger charge is 2.40. The van der Waals surface area contributed by atoms with E-state index in [1.165, 1.54) is 5.56 Å². The van der Waals surface area contributed by atoms with Gasteiger partial charge in [0.05, 0.1) is 0 Å². The van der Waals surface area contributed by atoms with Crippen LogP contribution in [0.25, 0.3) is 0 Å². The van der Waals surface area contributed by atoms with E-state index in [0.717, 1.165) is 19.1 Å². The molecule has 5 nitrogen and oxygen atoms in total. The highest BCUT2D eigenvalue weighted by molar-refractivity contribution is 6.60. The Balaban J connectivity index is 2.81. The van der Waals surface area contributed by atoms with E-state index >= 15 is 0 Å². The average molecular weight is 298 g/mol. The van der Waals surface area contributed by atoms with Crippen LogP contribution < -0.4 is 11.1 Å². The SMILES string of the molecule is CO[Si](CC(CNCCN)c1ccccc1)(OC)OC. The summed E-state index contributed by atoms with van der Waals surface area (Å²) in [5, 5.41) is 3.36. The summed E-state index contributed by atoms with van der Waals surface area (Å²) in [5.41, 5.74) is 6.78. The average Bonchev–Trinajstić information content (AvgIpc) is 2.52. The number of nitrogens with two attached hydrogens (primary N) is 1. The van der Waals surface area contributed by atoms with Crippen LogP contribution in [0, 0.1) is 0 Å². The first-order valence-corrected chi connectivity index (χ1v) is 8.75. The van der Waals surface area contributed by atoms with E-state index in [1.54, 1.807) is 21.3 Å². The molecule has 114 valence electrons. The smallest absolute Gasteiger partial charge is 0.377 e. The molecule has 1 rings (SSSR count). The first kappa shape index (κ1) is 17.3. The van der Waals surface area contributed by atoms with E-state index in [4.69, 9.17) is 19.0 Å². The molecule has 0 heterocycles. The zero-order chi connectivity index (χ0) is 14.8. The zero-order valence-corrected chi connectivity index (χ0v) is 13.6. The van der Waals surface area contributed by atoms with Crippen LogP contribution in [0.2, 0.25) is 6.04 Å². The predicted molar refractivity (Wildman–Crippen MR) is 82.7 cm³/mol. The lowest BCUT2D eigenvalue weighted by molar-refractivity contribution is 0.121. The highest BCUT2D eigenvalue weighted by Crippen LogP contribution is 2.27. The molecule has 0 saturated carbocycles. The normalized spacial score (nSPS) is 13.4. The lowest BCUT2D eigenvalue weighted by Gasteiger charge is -2.29. The van der Waals surface area contributed by atoms with Crippen LogP contribution in [0.5, 0.6) is 0 Å². The van der Waals surface area contributed by atoms with Gasteiger partial charge in [-0.2, -0.15) is 0 Å². The van der Waals surface area contributed by atoms with Gasteiger partial charge in [0.25, 0.3) is 0 Å². The molecule has 0 aliphatic carbocycles. The number of nitrogens with one attached hydrogen (secondary N) is 1. The summed E-state index contributed by atoms with van der Waals surface area (Å²) < 4.78 is 16.6. The fraction of sp³-hybridized carbons (Fsp3) is 0.571. The minimum absolute atomic E-state index is 0.272. The van der Waals surface area contributed by atoms with Gasteiger partial charge < -0.3 is 24.3 Å². The van der Waals surface area contributed by atoms with Crippen LogP contribution >= 0.6 is 0 Å². The molecule has 1 atom stereocenters. The van der Waals surface area contributed by atoms with Crippen molar-refractivity contribution >= 4 is 8.80 Å². The lowest BCUT2D eigenvalue weighted by Crippen LogP contribution is -2.45. The van der Waals surface area contributed by atoms with Crippen molar-refractivity contribution in [2.75, 3.05) is 41.0 Å². The van der Waals surface area contributed by atoms with Gasteiger partial charge >= 0.3 is 8.80 Å². The van der Waals surface area contributed by atoms with Gasteiger partial charge in [0.1, 0.15) is 0 Å². The third kappa shape index (κ3) is 4.97. The minimum Gasteiger partial charge on any atom is -0.377 e. The molecule has 0 aliphatic rings. The second-order valence-corrected chi connectivity index (χ2v) is 7.60. The topological polar surface area (TPSA) is 65.7 Å². The quantitative estimate of drug-likeness (QED) is 0.502. The Morgan fingerprint density at radius 1 is 1.10 bits per heavy atom. The molecular weight excluding hydrogens is 272 g/mol. The predicted octanol–water partition coefficient (Wildman–Crippen LogP) is 1.20. The van der Waals surface area contributed by atoms with Gasteiger partial charge in [-0.05, 0) is 5.56 Å². The van der Waals surface area contributed by atoms with Crippen molar-refractivity contribution < 1.29 is 13.3 Å². The molecule has 3 N–H and O–H groups in total. The number of hydrogen-bond donors (Lipinski definition) is 2. The van der Waals surface area contributed by atoms with Crippen molar-refractivity contribution in [2.24, 2.45) is 5.73 Å². The maximum Gasteiger partial charge on any atom is 0.500 e. The van der Waals surface area contributed by atoms with Crippen molar-refractivity contribution in [3.63, 3.8) is 0 Å². The Hall–Kier alpha value is -0.763. The third-order valence-electron chi connectivity index (χ3n) is 3.41. The summed E-state index contributed by atoms with van der Waals surface area (Å²) in [6, 6.07) is 11.1. The zero-order valence-electron chi connectivity index (χ0n) is 12.6. The molecular formula is C14H26N2O3Si. The molecule has 0 radical (unpaired) electrons. The monoisotopic (exact) mass is 298 g/mol. The van der Waals surface area contributed by atoms with Crippen LogP contribution in [0.3, 0.4) is 0 Å². The second-order valence-electron chi connectivity index (χ2n) is 4.60. The maximum atomic E-state index is 5.54. The summed E-state index contributed by atoms with van der Waals surface area (Å²) >= 11 is 0. The molecule has 1 aromatic rings. The maximum absolute atomic E-state index is 5.54. The van der Waals surface area contributed by atoms with Crippen LogP contribution in [0.4, 0.5) is 0 Å². The summed E-state index contributed by atoms with van der Waals surface area (Å²) in [7, 11) is 2.35. The lowest BCUT2D eigenvalue weighted by atomic mass is 10.0. The number of rotatable bonds is 10. The van der Waals surface area contributed by atoms with Gasteiger partial charge in [0, 0.05) is 52.9 Å². The fourth-order valence-corrected chi connectivity index (χ4v) is 4.20. The van der Waals surface area contributed by atoms with Crippen LogP contribution in [0.15, 0.2) is 30.3 Å². The molecule has 1 aromatic carbocycles. The van der Waals surface area contributed by atoms with Gasteiger partial charge in [-0.15, -0.1) is 0 Å². The molecule has 6 heteroatoms. The van der Waals surface area contributed by atoms with Crippen molar-refractivity contribution in [3.8, 4) is 0 Å². The Bertz CT molecular complexity index is 352. The van der Waals surface area contributed by atoms with Crippen LogP contribution in [-0.2, 0) is 13.3 Å². The van der Waals surface area contributed by atoms with Crippen LogP contribution in [0.1, 0.15) is 11.5 Å². The van der Waals surface area contributed by atoms with E-state index in [1.807, 2.05) is 18.2 Å². The molecule has 0 aliphatic heterocycles. The van der Waals surface area contributed by atoms with Gasteiger partial charge in [-0.3, -0.25) is 0 Å². The van der Waals surface area contributed by atoms with Crippen molar-refractivity contribution in [1.29, 1.82) is 0 Å². The molecule has 20 heavy (non-hydrogen) atoms. The first-order valence-electron chi connectivity index (χ1n) is 6.82. The molecule has 0 saturated heterocycles. The third-order valence-corrected chi connectivity index (χ3v) is 6.27. The van der Waals surface area contributed by atoms with Crippen molar-refractivity contribution in [3.05, 3.63) is 35.9 Å². The fourth-order valence-electron chi connectivity index (χ4n) is 2.21. The molecule has 0 amide bonds. The Morgan fingerprint density at radius 3 is 2.20 bits per heavy atom. The summed E-state index contributed by atoms with van der Waals surface area (Å²) in [6.07, 6.45) is 0. The first-order chi connectivity index (χ1) is 9.71. The molecule has 1 unspecified atom stereocenters. The minimum atomic E-state index is -2.59. The van der Waals surface area contributed by atoms with Gasteiger partial charge in [0.15, 0.2) is 0 Å². The second kappa shape index (κ2) is 9.22. The van der Waals surface area contributed by atoms with E-state index in [-0.39, 0.29) is 5.92 Å². The molecule has 0 spiro atoms.